The van der Waals surface area contributed by atoms with Gasteiger partial charge in [0, 0.05) is 65.1 Å². The fraction of sp³-hybridized carbons (Fsp3) is 0.552. The Bertz CT molecular complexity index is 1450. The number of aromatic nitrogens is 3. The predicted octanol–water partition coefficient (Wildman–Crippen LogP) is 5.61. The topological polar surface area (TPSA) is 83.0 Å². The van der Waals surface area contributed by atoms with Crippen LogP contribution in [0.5, 0.6) is 0 Å². The average Bonchev–Trinajstić information content (AvgIpc) is 3.17. The van der Waals surface area contributed by atoms with Crippen molar-refractivity contribution >= 4 is 28.7 Å². The fourth-order valence-electron chi connectivity index (χ4n) is 6.51. The smallest absolute Gasteiger partial charge is 0.348 e. The van der Waals surface area contributed by atoms with Gasteiger partial charge in [0.05, 0.1) is 11.5 Å². The number of thioether (sulfide) groups is 1. The second-order valence-electron chi connectivity index (χ2n) is 11.2. The molecular formula is C29H36F3N5O2S. The lowest BCUT2D eigenvalue weighted by molar-refractivity contribution is -0.215. The average molecular weight is 576 g/mol. The minimum Gasteiger partial charge on any atom is -0.348 e. The lowest BCUT2D eigenvalue weighted by atomic mass is 9.80. The van der Waals surface area contributed by atoms with E-state index in [9.17, 15) is 22.8 Å². The Morgan fingerprint density at radius 1 is 1.23 bits per heavy atom. The Morgan fingerprint density at radius 2 is 1.93 bits per heavy atom. The number of H-pyrrole nitrogens is 1. The minimum absolute atomic E-state index is 0.0715. The summed E-state index contributed by atoms with van der Waals surface area (Å²) in [6.45, 7) is 6.25. The molecule has 1 atom stereocenters. The Kier molecular flexibility index (Phi) is 8.07. The van der Waals surface area contributed by atoms with Gasteiger partial charge in [0.1, 0.15) is 5.65 Å². The van der Waals surface area contributed by atoms with E-state index in [0.717, 1.165) is 53.0 Å². The van der Waals surface area contributed by atoms with Crippen LogP contribution >= 0.6 is 11.8 Å². The van der Waals surface area contributed by atoms with E-state index in [-0.39, 0.29) is 43.2 Å². The zero-order valence-corrected chi connectivity index (χ0v) is 24.1. The van der Waals surface area contributed by atoms with Crippen molar-refractivity contribution in [3.63, 3.8) is 0 Å². The molecule has 3 aromatic heterocycles. The number of aryl methyl sites for hydroxylation is 1. The maximum atomic E-state index is 13.5. The number of rotatable bonds is 7. The van der Waals surface area contributed by atoms with Crippen LogP contribution in [-0.2, 0) is 6.54 Å². The Hall–Kier alpha value is -2.79. The second kappa shape index (κ2) is 11.2. The van der Waals surface area contributed by atoms with Gasteiger partial charge < -0.3 is 14.9 Å². The number of halogens is 3. The van der Waals surface area contributed by atoms with E-state index in [1.165, 1.54) is 11.8 Å². The molecule has 3 aromatic rings. The molecule has 0 spiro atoms. The molecule has 0 bridgehead atoms. The van der Waals surface area contributed by atoms with Gasteiger partial charge in [-0.15, -0.1) is 11.8 Å². The number of alkyl halides is 3. The molecule has 0 radical (unpaired) electrons. The summed E-state index contributed by atoms with van der Waals surface area (Å²) in [6, 6.07) is 5.90. The maximum Gasteiger partial charge on any atom is 0.394 e. The van der Waals surface area contributed by atoms with Gasteiger partial charge in [0.15, 0.2) is 0 Å². The van der Waals surface area contributed by atoms with E-state index in [1.54, 1.807) is 6.20 Å². The molecule has 40 heavy (non-hydrogen) atoms. The summed E-state index contributed by atoms with van der Waals surface area (Å²) in [5.41, 5.74) is 3.21. The number of amides is 1. The maximum absolute atomic E-state index is 13.5. The van der Waals surface area contributed by atoms with Gasteiger partial charge in [0.2, 0.25) is 0 Å². The van der Waals surface area contributed by atoms with Crippen molar-refractivity contribution in [2.24, 2.45) is 11.8 Å². The molecular weight excluding hydrogens is 539 g/mol. The first kappa shape index (κ1) is 28.7. The number of hydrogen-bond donors (Lipinski definition) is 2. The number of fused-ring (bicyclic) bond motifs is 1. The quantitative estimate of drug-likeness (QED) is 0.358. The minimum atomic E-state index is -4.10. The molecule has 2 N–H and O–H groups in total. The molecule has 11 heteroatoms. The van der Waals surface area contributed by atoms with Crippen molar-refractivity contribution < 1.29 is 18.0 Å². The monoisotopic (exact) mass is 575 g/mol. The summed E-state index contributed by atoms with van der Waals surface area (Å²) < 4.78 is 41.0. The molecule has 4 heterocycles. The molecule has 1 saturated heterocycles. The van der Waals surface area contributed by atoms with Gasteiger partial charge in [-0.2, -0.15) is 13.2 Å². The van der Waals surface area contributed by atoms with Crippen LogP contribution in [0.15, 0.2) is 34.1 Å². The van der Waals surface area contributed by atoms with Crippen LogP contribution in [-0.4, -0.2) is 56.9 Å². The zero-order chi connectivity index (χ0) is 28.8. The Labute approximate surface area is 235 Å². The van der Waals surface area contributed by atoms with E-state index in [0.29, 0.717) is 17.0 Å². The van der Waals surface area contributed by atoms with Gasteiger partial charge in [0.25, 0.3) is 11.5 Å². The lowest BCUT2D eigenvalue weighted by Crippen LogP contribution is -2.57. The number of pyridine rings is 2. The zero-order valence-electron chi connectivity index (χ0n) is 23.3. The summed E-state index contributed by atoms with van der Waals surface area (Å²) in [7, 11) is 0. The molecule has 1 amide bonds. The molecule has 1 aliphatic carbocycles. The van der Waals surface area contributed by atoms with Gasteiger partial charge in [-0.25, -0.2) is 4.98 Å². The van der Waals surface area contributed by atoms with E-state index in [1.807, 2.05) is 43.2 Å². The van der Waals surface area contributed by atoms with Crippen molar-refractivity contribution in [2.45, 2.75) is 76.2 Å². The van der Waals surface area contributed by atoms with E-state index in [2.05, 4.69) is 26.8 Å². The van der Waals surface area contributed by atoms with Crippen molar-refractivity contribution in [2.75, 3.05) is 19.3 Å². The summed E-state index contributed by atoms with van der Waals surface area (Å²) in [5, 5.41) is 3.72. The number of carbonyl (C=O) groups is 1. The number of hydrogen-bond acceptors (Lipinski definition) is 5. The van der Waals surface area contributed by atoms with Crippen LogP contribution in [0.25, 0.3) is 11.0 Å². The number of aromatic amines is 1. The molecule has 7 nitrogen and oxygen atoms in total. The van der Waals surface area contributed by atoms with Gasteiger partial charge >= 0.3 is 6.18 Å². The van der Waals surface area contributed by atoms with Crippen LogP contribution in [0.4, 0.5) is 13.2 Å². The first-order valence-corrected chi connectivity index (χ1v) is 15.0. The number of likely N-dealkylation sites (tertiary alicyclic amines) is 1. The Balaban J connectivity index is 1.32. The summed E-state index contributed by atoms with van der Waals surface area (Å²) >= 11 is 1.47. The second-order valence-corrected chi connectivity index (χ2v) is 12.1. The third kappa shape index (κ3) is 5.42. The molecule has 5 rings (SSSR count). The van der Waals surface area contributed by atoms with Crippen molar-refractivity contribution in [3.05, 3.63) is 57.3 Å². The largest absolute Gasteiger partial charge is 0.394 e. The first-order chi connectivity index (χ1) is 19.0. The van der Waals surface area contributed by atoms with Crippen molar-refractivity contribution in [3.8, 4) is 0 Å². The molecule has 1 aliphatic heterocycles. The van der Waals surface area contributed by atoms with E-state index < -0.39 is 12.1 Å². The van der Waals surface area contributed by atoms with Crippen LogP contribution in [0, 0.1) is 25.7 Å². The van der Waals surface area contributed by atoms with Crippen LogP contribution in [0.1, 0.15) is 66.0 Å². The molecule has 216 valence electrons. The van der Waals surface area contributed by atoms with Gasteiger partial charge in [-0.1, -0.05) is 0 Å². The van der Waals surface area contributed by atoms with Crippen LogP contribution in [0.2, 0.25) is 0 Å². The highest BCUT2D eigenvalue weighted by molar-refractivity contribution is 7.98. The van der Waals surface area contributed by atoms with E-state index in [4.69, 9.17) is 0 Å². The third-order valence-electron chi connectivity index (χ3n) is 8.83. The van der Waals surface area contributed by atoms with Crippen molar-refractivity contribution in [1.82, 2.24) is 24.8 Å². The highest BCUT2D eigenvalue weighted by Gasteiger charge is 2.49. The first-order valence-electron chi connectivity index (χ1n) is 13.8. The van der Waals surface area contributed by atoms with Gasteiger partial charge in [-0.05, 0) is 76.8 Å². The molecule has 1 saturated carbocycles. The normalized spacial score (nSPS) is 21.4. The molecule has 0 unspecified atom stereocenters. The molecule has 2 aliphatic rings. The fourth-order valence-corrected chi connectivity index (χ4v) is 7.22. The molecule has 0 aromatic carbocycles. The number of nitrogens with one attached hydrogen (secondary N) is 2. The SMILES string of the molecule is CSc1cc(C)[nH]c(=O)c1CNC(=O)c1c(C)n([C@H](C)C2CCC(N3CC(C(F)(F)F)C3)CC2)c2ncccc12. The van der Waals surface area contributed by atoms with Gasteiger partial charge in [-0.3, -0.25) is 14.5 Å². The number of nitrogens with zero attached hydrogens (tertiary/aromatic N) is 3. The van der Waals surface area contributed by atoms with Crippen LogP contribution in [0.3, 0.4) is 0 Å². The summed E-state index contributed by atoms with van der Waals surface area (Å²) in [5.74, 6) is -1.11. The van der Waals surface area contributed by atoms with Crippen LogP contribution < -0.4 is 10.9 Å². The lowest BCUT2D eigenvalue weighted by Gasteiger charge is -2.47. The summed E-state index contributed by atoms with van der Waals surface area (Å²) in [6.07, 6.45) is 3.12. The molecule has 2 fully saturated rings. The predicted molar refractivity (Wildman–Crippen MR) is 151 cm³/mol. The number of carbonyl (C=O) groups excluding carboxylic acids is 1. The standard InChI is InChI=1S/C29H36F3N5O2S/c1-16-12-24(40-4)23(27(38)35-16)13-34-28(39)25-18(3)37(26-22(25)6-5-11-33-26)17(2)19-7-9-21(10-8-19)36-14-20(15-36)29(30,31)32/h5-6,11-12,17,19-21H,7-10,13-15H2,1-4H3,(H,34,39)(H,35,38)/t17-,19?,21?/m1/s1. The highest BCUT2D eigenvalue weighted by Crippen LogP contribution is 2.41. The Morgan fingerprint density at radius 3 is 2.58 bits per heavy atom. The summed E-state index contributed by atoms with van der Waals surface area (Å²) in [4.78, 5) is 36.4. The third-order valence-corrected chi connectivity index (χ3v) is 9.63. The van der Waals surface area contributed by atoms with E-state index >= 15 is 0 Å². The highest BCUT2D eigenvalue weighted by atomic mass is 32.2. The van der Waals surface area contributed by atoms with Crippen molar-refractivity contribution in [1.29, 1.82) is 0 Å².